The highest BCUT2D eigenvalue weighted by molar-refractivity contribution is 5.59. The third-order valence-electron chi connectivity index (χ3n) is 4.45. The van der Waals surface area contributed by atoms with Gasteiger partial charge in [0.2, 0.25) is 0 Å². The van der Waals surface area contributed by atoms with E-state index < -0.39 is 0 Å². The summed E-state index contributed by atoms with van der Waals surface area (Å²) in [6.45, 7) is 4.38. The third kappa shape index (κ3) is 1.27. The lowest BCUT2D eigenvalue weighted by molar-refractivity contribution is 0.605. The largest absolute Gasteiger partial charge is 0.385 e. The number of rotatable bonds is 0. The standard InChI is InChI=1S/C15H18N2/c1-9-5-13-10(7-16-9)6-11-8-17-14-4-2-3-12(13)15(11)14/h4-5,11,16-17H,2-3,6-8H2,1H3. The van der Waals surface area contributed by atoms with Crippen LogP contribution in [0.3, 0.4) is 0 Å². The highest BCUT2D eigenvalue weighted by Crippen LogP contribution is 2.45. The predicted molar refractivity (Wildman–Crippen MR) is 69.2 cm³/mol. The SMILES string of the molecule is CC1=CC2=C(CN1)CC1CNC3=CCCC2=C31. The van der Waals surface area contributed by atoms with Crippen molar-refractivity contribution in [3.05, 3.63) is 45.8 Å². The summed E-state index contributed by atoms with van der Waals surface area (Å²) in [6.07, 6.45) is 8.43. The number of dihydropyridines is 1. The van der Waals surface area contributed by atoms with Gasteiger partial charge in [0.15, 0.2) is 0 Å². The van der Waals surface area contributed by atoms with Gasteiger partial charge in [-0.25, -0.2) is 0 Å². The minimum atomic E-state index is 0.740. The van der Waals surface area contributed by atoms with Gasteiger partial charge in [-0.05, 0) is 54.6 Å². The van der Waals surface area contributed by atoms with Crippen LogP contribution in [-0.4, -0.2) is 13.1 Å². The molecule has 2 N–H and O–H groups in total. The Morgan fingerprint density at radius 1 is 1.29 bits per heavy atom. The van der Waals surface area contributed by atoms with Crippen molar-refractivity contribution in [2.75, 3.05) is 13.1 Å². The van der Waals surface area contributed by atoms with Gasteiger partial charge in [-0.3, -0.25) is 0 Å². The Hall–Kier alpha value is -1.44. The molecule has 1 atom stereocenters. The molecule has 2 heteroatoms. The van der Waals surface area contributed by atoms with Crippen LogP contribution in [0.4, 0.5) is 0 Å². The maximum atomic E-state index is 3.59. The van der Waals surface area contributed by atoms with Crippen molar-refractivity contribution in [1.82, 2.24) is 10.6 Å². The molecule has 0 saturated carbocycles. The Morgan fingerprint density at radius 2 is 2.24 bits per heavy atom. The summed E-state index contributed by atoms with van der Waals surface area (Å²) in [4.78, 5) is 0. The fourth-order valence-corrected chi connectivity index (χ4v) is 3.68. The minimum absolute atomic E-state index is 0.740. The molecule has 0 amide bonds. The maximum Gasteiger partial charge on any atom is 0.0366 e. The van der Waals surface area contributed by atoms with E-state index in [9.17, 15) is 0 Å². The molecule has 1 fully saturated rings. The van der Waals surface area contributed by atoms with Crippen molar-refractivity contribution in [1.29, 1.82) is 0 Å². The Labute approximate surface area is 102 Å². The number of fused-ring (bicyclic) bond motifs is 1. The van der Waals surface area contributed by atoms with Gasteiger partial charge in [-0.15, -0.1) is 0 Å². The zero-order valence-corrected chi connectivity index (χ0v) is 10.3. The van der Waals surface area contributed by atoms with Crippen molar-refractivity contribution in [2.24, 2.45) is 5.92 Å². The molecule has 17 heavy (non-hydrogen) atoms. The Morgan fingerprint density at radius 3 is 3.18 bits per heavy atom. The second-order valence-electron chi connectivity index (χ2n) is 5.53. The second-order valence-corrected chi connectivity index (χ2v) is 5.53. The fraction of sp³-hybridized carbons (Fsp3) is 0.467. The van der Waals surface area contributed by atoms with E-state index in [1.54, 1.807) is 22.3 Å². The summed E-state index contributed by atoms with van der Waals surface area (Å²) in [7, 11) is 0. The van der Waals surface area contributed by atoms with Crippen LogP contribution >= 0.6 is 0 Å². The molecule has 2 aliphatic carbocycles. The predicted octanol–water partition coefficient (Wildman–Crippen LogP) is 2.39. The number of allylic oxidation sites excluding steroid dienone is 6. The van der Waals surface area contributed by atoms with Crippen LogP contribution < -0.4 is 10.6 Å². The summed E-state index contributed by atoms with van der Waals surface area (Å²) < 4.78 is 0. The van der Waals surface area contributed by atoms with Gasteiger partial charge in [-0.2, -0.15) is 0 Å². The van der Waals surface area contributed by atoms with E-state index in [4.69, 9.17) is 0 Å². The van der Waals surface area contributed by atoms with Crippen molar-refractivity contribution >= 4 is 0 Å². The van der Waals surface area contributed by atoms with E-state index in [0.29, 0.717) is 0 Å². The smallest absolute Gasteiger partial charge is 0.0366 e. The summed E-state index contributed by atoms with van der Waals surface area (Å²) >= 11 is 0. The quantitative estimate of drug-likeness (QED) is 0.662. The lowest BCUT2D eigenvalue weighted by Crippen LogP contribution is -2.26. The van der Waals surface area contributed by atoms with Gasteiger partial charge < -0.3 is 10.6 Å². The zero-order chi connectivity index (χ0) is 11.4. The summed E-state index contributed by atoms with van der Waals surface area (Å²) in [5, 5.41) is 7.07. The van der Waals surface area contributed by atoms with Gasteiger partial charge in [-0.1, -0.05) is 6.08 Å². The zero-order valence-electron chi connectivity index (χ0n) is 10.3. The first-order chi connectivity index (χ1) is 8.33. The van der Waals surface area contributed by atoms with Crippen LogP contribution in [0.1, 0.15) is 26.2 Å². The van der Waals surface area contributed by atoms with Crippen LogP contribution in [0.5, 0.6) is 0 Å². The molecule has 4 aliphatic rings. The molecule has 2 aliphatic heterocycles. The van der Waals surface area contributed by atoms with Crippen LogP contribution in [-0.2, 0) is 0 Å². The number of nitrogens with one attached hydrogen (secondary N) is 2. The molecule has 0 radical (unpaired) electrons. The number of hydrogen-bond acceptors (Lipinski definition) is 2. The van der Waals surface area contributed by atoms with Crippen molar-refractivity contribution < 1.29 is 0 Å². The molecule has 4 rings (SSSR count). The molecule has 0 aromatic heterocycles. The molecule has 0 spiro atoms. The van der Waals surface area contributed by atoms with E-state index in [-0.39, 0.29) is 0 Å². The minimum Gasteiger partial charge on any atom is -0.385 e. The summed E-state index contributed by atoms with van der Waals surface area (Å²) in [5.41, 5.74) is 9.22. The molecular weight excluding hydrogens is 208 g/mol. The van der Waals surface area contributed by atoms with Crippen molar-refractivity contribution in [3.8, 4) is 0 Å². The Balaban J connectivity index is 1.90. The van der Waals surface area contributed by atoms with Gasteiger partial charge in [0.05, 0.1) is 0 Å². The van der Waals surface area contributed by atoms with E-state index >= 15 is 0 Å². The first kappa shape index (κ1) is 9.58. The molecule has 0 bridgehead atoms. The van der Waals surface area contributed by atoms with Gasteiger partial charge >= 0.3 is 0 Å². The topological polar surface area (TPSA) is 24.1 Å². The number of hydrogen-bond donors (Lipinski definition) is 2. The molecular formula is C15H18N2. The van der Waals surface area contributed by atoms with E-state index in [1.807, 2.05) is 0 Å². The van der Waals surface area contributed by atoms with E-state index in [0.717, 1.165) is 19.0 Å². The van der Waals surface area contributed by atoms with Crippen molar-refractivity contribution in [2.45, 2.75) is 26.2 Å². The Kier molecular flexibility index (Phi) is 1.85. The molecule has 1 unspecified atom stereocenters. The van der Waals surface area contributed by atoms with Gasteiger partial charge in [0, 0.05) is 30.4 Å². The third-order valence-corrected chi connectivity index (χ3v) is 4.45. The van der Waals surface area contributed by atoms with Crippen molar-refractivity contribution in [3.63, 3.8) is 0 Å². The molecule has 0 aromatic rings. The van der Waals surface area contributed by atoms with E-state index in [1.165, 1.54) is 30.7 Å². The average Bonchev–Trinajstić information content (AvgIpc) is 2.75. The lowest BCUT2D eigenvalue weighted by atomic mass is 9.75. The molecule has 1 saturated heterocycles. The van der Waals surface area contributed by atoms with Crippen LogP contribution in [0, 0.1) is 5.92 Å². The molecule has 2 heterocycles. The van der Waals surface area contributed by atoms with Crippen LogP contribution in [0.2, 0.25) is 0 Å². The molecule has 0 aromatic carbocycles. The monoisotopic (exact) mass is 226 g/mol. The first-order valence-corrected chi connectivity index (χ1v) is 6.65. The summed E-state index contributed by atoms with van der Waals surface area (Å²) in [5.74, 6) is 0.740. The highest BCUT2D eigenvalue weighted by atomic mass is 14.9. The maximum absolute atomic E-state index is 3.59. The summed E-state index contributed by atoms with van der Waals surface area (Å²) in [6, 6.07) is 0. The van der Waals surface area contributed by atoms with Gasteiger partial charge in [0.1, 0.15) is 0 Å². The first-order valence-electron chi connectivity index (χ1n) is 6.65. The van der Waals surface area contributed by atoms with Crippen LogP contribution in [0.15, 0.2) is 45.8 Å². The average molecular weight is 226 g/mol. The highest BCUT2D eigenvalue weighted by Gasteiger charge is 2.35. The van der Waals surface area contributed by atoms with Gasteiger partial charge in [0.25, 0.3) is 0 Å². The van der Waals surface area contributed by atoms with E-state index in [2.05, 4.69) is 29.7 Å². The second kappa shape index (κ2) is 3.28. The fourth-order valence-electron chi connectivity index (χ4n) is 3.68. The molecule has 88 valence electrons. The lowest BCUT2D eigenvalue weighted by Gasteiger charge is -2.32. The normalized spacial score (nSPS) is 30.1. The molecule has 2 nitrogen and oxygen atoms in total. The van der Waals surface area contributed by atoms with Crippen LogP contribution in [0.25, 0.3) is 0 Å². The Bertz CT molecular complexity index is 517.